The number of nitro benzene ring substituents is 1. The van der Waals surface area contributed by atoms with E-state index in [0.29, 0.717) is 11.2 Å². The fourth-order valence-electron chi connectivity index (χ4n) is 2.65. The number of carbonyl (C=O) groups excluding carboxylic acids is 1. The van der Waals surface area contributed by atoms with Gasteiger partial charge in [-0.1, -0.05) is 18.2 Å². The lowest BCUT2D eigenvalue weighted by molar-refractivity contribution is -0.384. The molecule has 0 saturated carbocycles. The Labute approximate surface area is 141 Å². The van der Waals surface area contributed by atoms with E-state index in [0.717, 1.165) is 21.8 Å². The Morgan fingerprint density at radius 2 is 1.92 bits per heavy atom. The topological polar surface area (TPSA) is 107 Å². The largest absolute Gasteiger partial charge is 0.420 e. The zero-order valence-electron chi connectivity index (χ0n) is 13.6. The molecule has 0 aliphatic heterocycles. The zero-order valence-corrected chi connectivity index (χ0v) is 13.6. The molecule has 3 aromatic rings. The SMILES string of the molecule is Cc1cccc(C)c1NC(=O)Cn1c(=O)oc2cc([N+](=O)[O-])ccc21. The molecule has 1 heterocycles. The van der Waals surface area contributed by atoms with Crippen LogP contribution in [-0.2, 0) is 11.3 Å². The minimum absolute atomic E-state index is 0.0686. The number of carbonyl (C=O) groups is 1. The maximum atomic E-state index is 12.3. The number of hydrogen-bond acceptors (Lipinski definition) is 5. The molecule has 3 rings (SSSR count). The normalized spacial score (nSPS) is 10.8. The van der Waals surface area contributed by atoms with Crippen molar-refractivity contribution in [3.63, 3.8) is 0 Å². The summed E-state index contributed by atoms with van der Waals surface area (Å²) in [5.74, 6) is -1.13. The maximum absolute atomic E-state index is 12.3. The van der Waals surface area contributed by atoms with Crippen molar-refractivity contribution in [1.29, 1.82) is 0 Å². The molecule has 1 amide bonds. The highest BCUT2D eigenvalue weighted by atomic mass is 16.6. The van der Waals surface area contributed by atoms with Gasteiger partial charge in [0.15, 0.2) is 5.58 Å². The van der Waals surface area contributed by atoms with E-state index in [9.17, 15) is 19.7 Å². The Kier molecular flexibility index (Phi) is 4.10. The second-order valence-corrected chi connectivity index (χ2v) is 5.68. The van der Waals surface area contributed by atoms with E-state index in [1.54, 1.807) is 0 Å². The lowest BCUT2D eigenvalue weighted by atomic mass is 10.1. The van der Waals surface area contributed by atoms with Gasteiger partial charge in [0.25, 0.3) is 5.69 Å². The second kappa shape index (κ2) is 6.23. The van der Waals surface area contributed by atoms with Crippen LogP contribution in [0.1, 0.15) is 11.1 Å². The van der Waals surface area contributed by atoms with Crippen molar-refractivity contribution >= 4 is 28.4 Å². The van der Waals surface area contributed by atoms with Crippen LogP contribution in [0, 0.1) is 24.0 Å². The average Bonchev–Trinajstić information content (AvgIpc) is 2.86. The summed E-state index contributed by atoms with van der Waals surface area (Å²) in [5, 5.41) is 13.6. The predicted octanol–water partition coefficient (Wildman–Crippen LogP) is 2.76. The highest BCUT2D eigenvalue weighted by Gasteiger charge is 2.16. The molecule has 8 nitrogen and oxygen atoms in total. The molecule has 0 saturated heterocycles. The summed E-state index contributed by atoms with van der Waals surface area (Å²) in [4.78, 5) is 34.5. The minimum Gasteiger partial charge on any atom is -0.407 e. The highest BCUT2D eigenvalue weighted by molar-refractivity contribution is 5.93. The Morgan fingerprint density at radius 1 is 1.24 bits per heavy atom. The number of rotatable bonds is 4. The number of nitrogens with one attached hydrogen (secondary N) is 1. The summed E-state index contributed by atoms with van der Waals surface area (Å²) in [6, 6.07) is 9.46. The maximum Gasteiger partial charge on any atom is 0.420 e. The molecule has 0 atom stereocenters. The first-order chi connectivity index (χ1) is 11.9. The first kappa shape index (κ1) is 16.4. The van der Waals surface area contributed by atoms with E-state index in [2.05, 4.69) is 5.32 Å². The van der Waals surface area contributed by atoms with Gasteiger partial charge in [0.05, 0.1) is 16.5 Å². The number of non-ortho nitro benzene ring substituents is 1. The quantitative estimate of drug-likeness (QED) is 0.580. The van der Waals surface area contributed by atoms with Gasteiger partial charge >= 0.3 is 5.76 Å². The van der Waals surface area contributed by atoms with Crippen LogP contribution < -0.4 is 11.1 Å². The van der Waals surface area contributed by atoms with Gasteiger partial charge in [-0.05, 0) is 31.0 Å². The van der Waals surface area contributed by atoms with E-state index in [1.165, 1.54) is 12.1 Å². The number of fused-ring (bicyclic) bond motifs is 1. The molecule has 128 valence electrons. The number of aryl methyl sites for hydroxylation is 2. The summed E-state index contributed by atoms with van der Waals surface area (Å²) in [7, 11) is 0. The molecular weight excluding hydrogens is 326 g/mol. The molecule has 1 aromatic heterocycles. The zero-order chi connectivity index (χ0) is 18.1. The molecule has 0 aliphatic carbocycles. The van der Waals surface area contributed by atoms with Crippen molar-refractivity contribution in [1.82, 2.24) is 4.57 Å². The molecule has 0 radical (unpaired) electrons. The molecule has 2 aromatic carbocycles. The third-order valence-corrected chi connectivity index (χ3v) is 3.91. The molecule has 1 N–H and O–H groups in total. The molecule has 0 spiro atoms. The van der Waals surface area contributed by atoms with Gasteiger partial charge < -0.3 is 9.73 Å². The third kappa shape index (κ3) is 3.14. The van der Waals surface area contributed by atoms with E-state index in [1.807, 2.05) is 32.0 Å². The van der Waals surface area contributed by atoms with Crippen molar-refractivity contribution in [3.8, 4) is 0 Å². The van der Waals surface area contributed by atoms with Crippen molar-refractivity contribution in [2.45, 2.75) is 20.4 Å². The van der Waals surface area contributed by atoms with Crippen LogP contribution >= 0.6 is 0 Å². The van der Waals surface area contributed by atoms with E-state index in [4.69, 9.17) is 4.42 Å². The van der Waals surface area contributed by atoms with Crippen LogP contribution in [0.5, 0.6) is 0 Å². The first-order valence-electron chi connectivity index (χ1n) is 7.50. The number of nitrogens with zero attached hydrogens (tertiary/aromatic N) is 2. The summed E-state index contributed by atoms with van der Waals surface area (Å²) >= 11 is 0. The fourth-order valence-corrected chi connectivity index (χ4v) is 2.65. The van der Waals surface area contributed by atoms with Gasteiger partial charge in [0.2, 0.25) is 5.91 Å². The Hall–Kier alpha value is -3.42. The van der Waals surface area contributed by atoms with Crippen LogP contribution in [-0.4, -0.2) is 15.4 Å². The van der Waals surface area contributed by atoms with Gasteiger partial charge in [0, 0.05) is 11.8 Å². The number of nitro groups is 1. The lowest BCUT2D eigenvalue weighted by Crippen LogP contribution is -2.25. The number of aromatic nitrogens is 1. The summed E-state index contributed by atoms with van der Waals surface area (Å²) in [6.45, 7) is 3.50. The van der Waals surface area contributed by atoms with Crippen molar-refractivity contribution in [2.75, 3.05) is 5.32 Å². The van der Waals surface area contributed by atoms with Crippen molar-refractivity contribution in [3.05, 3.63) is 68.2 Å². The van der Waals surface area contributed by atoms with Crippen molar-refractivity contribution < 1.29 is 14.1 Å². The lowest BCUT2D eigenvalue weighted by Gasteiger charge is -2.11. The molecule has 8 heteroatoms. The summed E-state index contributed by atoms with van der Waals surface area (Å²) < 4.78 is 6.15. The molecule has 0 bridgehead atoms. The van der Waals surface area contributed by atoms with Gasteiger partial charge in [-0.15, -0.1) is 0 Å². The van der Waals surface area contributed by atoms with E-state index >= 15 is 0 Å². The molecule has 0 unspecified atom stereocenters. The number of para-hydroxylation sites is 1. The molecule has 0 aliphatic rings. The average molecular weight is 341 g/mol. The Bertz CT molecular complexity index is 1030. The van der Waals surface area contributed by atoms with Crippen molar-refractivity contribution in [2.24, 2.45) is 0 Å². The molecule has 0 fully saturated rings. The first-order valence-corrected chi connectivity index (χ1v) is 7.50. The van der Waals surface area contributed by atoms with Gasteiger partial charge in [-0.25, -0.2) is 4.79 Å². The van der Waals surface area contributed by atoms with Gasteiger partial charge in [-0.2, -0.15) is 0 Å². The van der Waals surface area contributed by atoms with E-state index in [-0.39, 0.29) is 23.7 Å². The van der Waals surface area contributed by atoms with Gasteiger partial charge in [0.1, 0.15) is 6.54 Å². The summed E-state index contributed by atoms with van der Waals surface area (Å²) in [5.41, 5.74) is 2.73. The number of benzene rings is 2. The van der Waals surface area contributed by atoms with Gasteiger partial charge in [-0.3, -0.25) is 19.5 Å². The van der Waals surface area contributed by atoms with E-state index < -0.39 is 10.7 Å². The molecular formula is C17H15N3O5. The van der Waals surface area contributed by atoms with Crippen LogP contribution in [0.15, 0.2) is 45.6 Å². The van der Waals surface area contributed by atoms with Crippen LogP contribution in [0.3, 0.4) is 0 Å². The Balaban J connectivity index is 1.90. The number of hydrogen-bond donors (Lipinski definition) is 1. The second-order valence-electron chi connectivity index (χ2n) is 5.68. The van der Waals surface area contributed by atoms with Crippen LogP contribution in [0.2, 0.25) is 0 Å². The minimum atomic E-state index is -0.743. The van der Waals surface area contributed by atoms with Crippen LogP contribution in [0.25, 0.3) is 11.1 Å². The standard InChI is InChI=1S/C17H15N3O5/c1-10-4-3-5-11(2)16(10)18-15(21)9-19-13-7-6-12(20(23)24)8-14(13)25-17(19)22/h3-8H,9H2,1-2H3,(H,18,21). The third-order valence-electron chi connectivity index (χ3n) is 3.91. The molecule has 25 heavy (non-hydrogen) atoms. The highest BCUT2D eigenvalue weighted by Crippen LogP contribution is 2.21. The Morgan fingerprint density at radius 3 is 2.56 bits per heavy atom. The smallest absolute Gasteiger partial charge is 0.407 e. The summed E-state index contributed by atoms with van der Waals surface area (Å²) in [6.07, 6.45) is 0. The predicted molar refractivity (Wildman–Crippen MR) is 91.7 cm³/mol. The monoisotopic (exact) mass is 341 g/mol. The number of oxazole rings is 1. The number of amides is 1. The fraction of sp³-hybridized carbons (Fsp3) is 0.176. The number of anilines is 1. The van der Waals surface area contributed by atoms with Crippen LogP contribution in [0.4, 0.5) is 11.4 Å².